The van der Waals surface area contributed by atoms with Crippen molar-refractivity contribution in [2.75, 3.05) is 23.8 Å². The van der Waals surface area contributed by atoms with Gasteiger partial charge in [-0.3, -0.25) is 86.3 Å². The van der Waals surface area contributed by atoms with Crippen molar-refractivity contribution in [1.29, 1.82) is 0 Å². The average Bonchev–Trinajstić information content (AvgIpc) is 0.820. The lowest BCUT2D eigenvalue weighted by atomic mass is 9.85. The number of aromatic hydroxyl groups is 1. The van der Waals surface area contributed by atoms with E-state index in [2.05, 4.69) is 69.1 Å². The highest BCUT2D eigenvalue weighted by molar-refractivity contribution is 7.99. The summed E-state index contributed by atoms with van der Waals surface area (Å²) >= 11 is 3.73. The maximum atomic E-state index is 15.2. The van der Waals surface area contributed by atoms with E-state index in [1.54, 1.807) is 93.6 Å². The van der Waals surface area contributed by atoms with Crippen molar-refractivity contribution in [2.24, 2.45) is 11.1 Å². The van der Waals surface area contributed by atoms with Crippen LogP contribution in [0.5, 0.6) is 5.75 Å². The van der Waals surface area contributed by atoms with Crippen molar-refractivity contribution < 1.29 is 112 Å². The molecule has 12 atom stereocenters. The van der Waals surface area contributed by atoms with Gasteiger partial charge in [0.2, 0.25) is 82.7 Å². The van der Waals surface area contributed by atoms with E-state index in [-0.39, 0.29) is 65.2 Å². The summed E-state index contributed by atoms with van der Waals surface area (Å²) < 4.78 is 0. The number of hydrogen-bond acceptors (Lipinski definition) is 22. The van der Waals surface area contributed by atoms with E-state index < -0.39 is 242 Å². The Morgan fingerprint density at radius 3 is 1.36 bits per heavy atom. The molecule has 2 aliphatic rings. The van der Waals surface area contributed by atoms with Gasteiger partial charge >= 0.3 is 23.9 Å². The maximum absolute atomic E-state index is 15.2. The fourth-order valence-corrected chi connectivity index (χ4v) is 15.6. The number of carboxylic acids is 4. The molecule has 0 aromatic heterocycles. The maximum Gasteiger partial charge on any atom is 0.305 e. The molecule has 0 fully saturated rings. The number of benzene rings is 5. The first-order chi connectivity index (χ1) is 57.8. The highest BCUT2D eigenvalue weighted by Gasteiger charge is 2.40. The number of thioether (sulfide) groups is 3. The lowest BCUT2D eigenvalue weighted by Gasteiger charge is -2.32. The highest BCUT2D eigenvalue weighted by Crippen LogP contribution is 2.27. The zero-order valence-corrected chi connectivity index (χ0v) is 70.0. The molecule has 2 heterocycles. The smallest absolute Gasteiger partial charge is 0.305 e. The summed E-state index contributed by atoms with van der Waals surface area (Å²) in [4.78, 5) is 251. The molecule has 20 N–H and O–H groups in total. The van der Waals surface area contributed by atoms with E-state index in [0.717, 1.165) is 11.8 Å². The minimum Gasteiger partial charge on any atom is -0.508 e. The van der Waals surface area contributed by atoms with Crippen LogP contribution in [0, 0.1) is 5.41 Å². The van der Waals surface area contributed by atoms with E-state index in [4.69, 9.17) is 5.73 Å². The third-order valence-electron chi connectivity index (χ3n) is 19.3. The number of hydrogen-bond donors (Lipinski definition) is 19. The van der Waals surface area contributed by atoms with Crippen LogP contribution in [0.2, 0.25) is 0 Å². The minimum absolute atomic E-state index is 0.00481. The first kappa shape index (κ1) is 96.8. The van der Waals surface area contributed by atoms with Crippen molar-refractivity contribution >= 4 is 153 Å². The second-order valence-corrected chi connectivity index (χ2v) is 33.6. The molecular weight excluding hydrogens is 1650 g/mol. The Morgan fingerprint density at radius 2 is 0.828 bits per heavy atom. The van der Waals surface area contributed by atoms with Gasteiger partial charge in [0.1, 0.15) is 78.3 Å². The van der Waals surface area contributed by atoms with Crippen molar-refractivity contribution in [1.82, 2.24) is 69.1 Å². The summed E-state index contributed by atoms with van der Waals surface area (Å²) in [6, 6.07) is 9.56. The first-order valence-corrected chi connectivity index (χ1v) is 42.5. The summed E-state index contributed by atoms with van der Waals surface area (Å²) in [5.41, 5.74) is 7.60. The van der Waals surface area contributed by atoms with Gasteiger partial charge < -0.3 is 100 Å². The topological polar surface area (TPSA) is 591 Å². The Labute approximate surface area is 714 Å². The quantitative estimate of drug-likeness (QED) is 0.0547. The Bertz CT molecular complexity index is 4670. The molecule has 122 heavy (non-hydrogen) atoms. The molecule has 4 bridgehead atoms. The standard InChI is InChI=1S/C82H102N14O23S3/c1-43-70(108)89-59(36-63(83)98)77(115)87-54(22-24-65(100)101)72(110)92-58(35-51-16-11-15-50-14-9-10-17-53(50)51)74(112)86-44(2)71(109)95-62-42-122-41-49-31-47(39-120-28-26-64(99)85-43)30-48(32-49)40-121-29-27-84-81(119)69(82(3,4)5)96-79(117)61(38-68(106)107)94-76(114)57(34-46-18-20-52(97)21-19-46)90-75(113)56(33-45-12-7-6-8-13-45)91-78(116)60(37-67(104)105)93-73(111)55(88-80(62)118)23-25-66(102)103/h6-21,30-32,43-44,54-62,69,97H,22-29,33-42H2,1-5H3,(H2,83,98)(H,84,119)(H,85,99)(H,86,112)(H,87,115)(H,88,118)(H,89,108)(H,90,113)(H,91,116)(H,92,110)(H,93,111)(H,94,114)(H,95,109)(H,96,117)(H,100,101)(H,102,103)(H,104,105)(H,106,107)/t43-,44-,54+,55+,56+,57+,58+,59+,60+,61+,62-,69-/m1/s1. The second-order valence-electron chi connectivity index (χ2n) is 30.3. The molecule has 0 unspecified atom stereocenters. The van der Waals surface area contributed by atoms with Crippen LogP contribution in [0.4, 0.5) is 0 Å². The molecule has 40 heteroatoms. The molecule has 14 amide bonds. The van der Waals surface area contributed by atoms with Crippen molar-refractivity contribution in [2.45, 2.75) is 195 Å². The van der Waals surface area contributed by atoms with Crippen LogP contribution in [0.25, 0.3) is 10.8 Å². The molecular formula is C82H102N14O23S3. The van der Waals surface area contributed by atoms with Crippen LogP contribution >= 0.6 is 35.3 Å². The number of phenolic OH excluding ortho intramolecular Hbond substituents is 1. The number of primary amides is 1. The third kappa shape index (κ3) is 32.0. The van der Waals surface area contributed by atoms with Gasteiger partial charge in [0, 0.05) is 79.6 Å². The van der Waals surface area contributed by atoms with Crippen molar-refractivity contribution in [3.05, 3.63) is 149 Å². The van der Waals surface area contributed by atoms with Gasteiger partial charge in [-0.05, 0) is 88.4 Å². The summed E-state index contributed by atoms with van der Waals surface area (Å²) in [6.45, 7) is 7.37. The molecule has 0 aliphatic carbocycles. The van der Waals surface area contributed by atoms with E-state index in [9.17, 15) is 107 Å². The molecule has 0 spiro atoms. The number of amides is 14. The minimum atomic E-state index is -2.17. The predicted molar refractivity (Wildman–Crippen MR) is 448 cm³/mol. The van der Waals surface area contributed by atoms with E-state index in [1.807, 2.05) is 18.2 Å². The number of carbonyl (C=O) groups is 18. The van der Waals surface area contributed by atoms with Gasteiger partial charge in [-0.2, -0.15) is 35.3 Å². The Kier molecular flexibility index (Phi) is 37.3. The van der Waals surface area contributed by atoms with Crippen LogP contribution < -0.4 is 74.9 Å². The van der Waals surface area contributed by atoms with Gasteiger partial charge in [-0.25, -0.2) is 0 Å². The molecule has 0 radical (unpaired) electrons. The number of aliphatic carboxylic acids is 4. The van der Waals surface area contributed by atoms with E-state index in [0.29, 0.717) is 38.6 Å². The number of carboxylic acid groups (broad SMARTS) is 4. The molecule has 0 saturated heterocycles. The molecule has 656 valence electrons. The number of nitrogens with one attached hydrogen (secondary N) is 13. The highest BCUT2D eigenvalue weighted by atomic mass is 32.2. The van der Waals surface area contributed by atoms with Crippen molar-refractivity contribution in [3.63, 3.8) is 0 Å². The third-order valence-corrected chi connectivity index (χ3v) is 22.4. The molecule has 0 saturated carbocycles. The van der Waals surface area contributed by atoms with Crippen LogP contribution in [-0.4, -0.2) is 228 Å². The first-order valence-electron chi connectivity index (χ1n) is 39.0. The normalized spacial score (nSPS) is 23.5. The van der Waals surface area contributed by atoms with E-state index >= 15 is 4.79 Å². The summed E-state index contributed by atoms with van der Waals surface area (Å²) in [5.74, 6) is -21.1. The lowest BCUT2D eigenvalue weighted by molar-refractivity contribution is -0.142. The zero-order valence-electron chi connectivity index (χ0n) is 67.5. The van der Waals surface area contributed by atoms with Crippen molar-refractivity contribution in [3.8, 4) is 5.75 Å². The summed E-state index contributed by atoms with van der Waals surface area (Å²) in [5, 5.41) is 84.3. The number of carbonyl (C=O) groups excluding carboxylic acids is 14. The Balaban J connectivity index is 1.33. The van der Waals surface area contributed by atoms with Crippen LogP contribution in [0.3, 0.4) is 0 Å². The molecule has 5 aromatic carbocycles. The summed E-state index contributed by atoms with van der Waals surface area (Å²) in [6.07, 6.45) is -7.55. The SMILES string of the molecule is C[C@H]1NC(=O)CCSCc2cc3cc(c2)CSC[C@@H](NC(=O)[C@@H](C)NC(=O)[C@H](Cc2cccc4ccccc24)NC(=O)[C@H](CCC(=O)O)NC(=O)[C@H](CC(N)=O)NC1=O)C(=O)N[C@@H](CCC(=O)O)C(=O)N[C@@H](CC(=O)O)C(=O)N[C@@H](Cc1ccccc1)C(=O)N[C@@H](Cc1ccc(O)cc1)C(=O)N[C@@H](CC(=O)O)C(=O)N[C@@H](C(C)(C)C)C(=O)NCCSC3. The zero-order chi connectivity index (χ0) is 89.5. The van der Waals surface area contributed by atoms with Gasteiger partial charge in [-0.15, -0.1) is 0 Å². The number of nitrogens with two attached hydrogens (primary N) is 1. The number of fused-ring (bicyclic) bond motifs is 6. The second kappa shape index (κ2) is 47.0. The van der Waals surface area contributed by atoms with Gasteiger partial charge in [-0.1, -0.05) is 124 Å². The fourth-order valence-electron chi connectivity index (χ4n) is 12.9. The van der Waals surface area contributed by atoms with E-state index in [1.165, 1.54) is 61.6 Å². The van der Waals surface area contributed by atoms with Gasteiger partial charge in [0.15, 0.2) is 0 Å². The molecule has 5 aromatic rings. The van der Waals surface area contributed by atoms with Crippen LogP contribution in [-0.2, 0) is 123 Å². The average molecular weight is 1750 g/mol. The monoisotopic (exact) mass is 1750 g/mol. The van der Waals surface area contributed by atoms with Crippen LogP contribution in [0.1, 0.15) is 119 Å². The van der Waals surface area contributed by atoms with Gasteiger partial charge in [0.25, 0.3) is 0 Å². The number of phenols is 1. The largest absolute Gasteiger partial charge is 0.508 e. The molecule has 37 nitrogen and oxygen atoms in total. The lowest BCUT2D eigenvalue weighted by Crippen LogP contribution is -2.62. The fraction of sp³-hybridized carbons (Fsp3) is 0.439. The summed E-state index contributed by atoms with van der Waals surface area (Å²) in [7, 11) is 0. The Morgan fingerprint density at radius 1 is 0.410 bits per heavy atom. The predicted octanol–water partition coefficient (Wildman–Crippen LogP) is -0.0355. The molecule has 2 aliphatic heterocycles. The molecule has 7 rings (SSSR count). The Hall–Kier alpha value is -12.3. The number of rotatable bonds is 18. The van der Waals surface area contributed by atoms with Crippen LogP contribution in [0.15, 0.2) is 115 Å². The van der Waals surface area contributed by atoms with Gasteiger partial charge in [0.05, 0.1) is 19.3 Å².